The van der Waals surface area contributed by atoms with Gasteiger partial charge in [0.05, 0.1) is 0 Å². The Hall–Kier alpha value is -3.06. The Kier molecular flexibility index (Phi) is 5.87. The van der Waals surface area contributed by atoms with Crippen molar-refractivity contribution in [3.63, 3.8) is 0 Å². The van der Waals surface area contributed by atoms with Gasteiger partial charge in [0, 0.05) is 30.3 Å². The van der Waals surface area contributed by atoms with Gasteiger partial charge < -0.3 is 25.4 Å². The number of carbonyl (C=O) groups excluding carboxylic acids is 2. The van der Waals surface area contributed by atoms with Gasteiger partial charge in [0.15, 0.2) is 11.5 Å². The molecule has 0 spiro atoms. The second-order valence-corrected chi connectivity index (χ2v) is 9.02. The number of anilines is 1. The minimum atomic E-state index is -0.242. The van der Waals surface area contributed by atoms with Crippen LogP contribution in [0.4, 0.5) is 5.69 Å². The second-order valence-electron chi connectivity index (χ2n) is 9.02. The zero-order chi connectivity index (χ0) is 22.0. The summed E-state index contributed by atoms with van der Waals surface area (Å²) in [6.45, 7) is 5.78. The predicted octanol–water partition coefficient (Wildman–Crippen LogP) is 3.39. The molecule has 2 aromatic rings. The molecule has 1 saturated carbocycles. The van der Waals surface area contributed by atoms with E-state index in [4.69, 9.17) is 15.2 Å². The van der Waals surface area contributed by atoms with Crippen LogP contribution in [0.3, 0.4) is 0 Å². The molecule has 0 bridgehead atoms. The van der Waals surface area contributed by atoms with Crippen LogP contribution in [0.25, 0.3) is 0 Å². The molecule has 0 unspecified atom stereocenters. The number of fused-ring (bicyclic) bond motifs is 1. The van der Waals surface area contributed by atoms with Crippen LogP contribution in [0.5, 0.6) is 11.5 Å². The highest BCUT2D eigenvalue weighted by Crippen LogP contribution is 2.34. The minimum absolute atomic E-state index is 0.115. The van der Waals surface area contributed by atoms with Gasteiger partial charge in [-0.25, -0.2) is 0 Å². The van der Waals surface area contributed by atoms with Crippen LogP contribution in [-0.2, 0) is 11.3 Å². The number of benzene rings is 2. The van der Waals surface area contributed by atoms with Crippen molar-refractivity contribution in [3.05, 3.63) is 53.6 Å². The molecule has 0 atom stereocenters. The summed E-state index contributed by atoms with van der Waals surface area (Å²) in [5.41, 5.74) is 7.79. The first-order valence-electron chi connectivity index (χ1n) is 10.6. The Morgan fingerprint density at radius 3 is 2.61 bits per heavy atom. The van der Waals surface area contributed by atoms with Crippen LogP contribution < -0.4 is 20.5 Å². The van der Waals surface area contributed by atoms with Gasteiger partial charge in [-0.3, -0.25) is 9.59 Å². The van der Waals surface area contributed by atoms with Gasteiger partial charge in [-0.15, -0.1) is 0 Å². The summed E-state index contributed by atoms with van der Waals surface area (Å²) in [7, 11) is 0. The first kappa shape index (κ1) is 21.2. The molecule has 2 aromatic carbocycles. The Bertz CT molecular complexity index is 985. The lowest BCUT2D eigenvalue weighted by Crippen LogP contribution is -2.42. The average Bonchev–Trinajstić information content (AvgIpc) is 3.50. The van der Waals surface area contributed by atoms with Crippen molar-refractivity contribution in [2.45, 2.75) is 33.2 Å². The normalized spacial score (nSPS) is 14.9. The molecule has 31 heavy (non-hydrogen) atoms. The number of nitrogens with two attached hydrogens (primary N) is 1. The van der Waals surface area contributed by atoms with E-state index < -0.39 is 0 Å². The SMILES string of the molecule is CC(C)(CN)CN(Cc1ccccc1NC(=O)c1ccc2c(c1)OCO2)C(=O)C1CC1. The molecule has 7 nitrogen and oxygen atoms in total. The van der Waals surface area contributed by atoms with E-state index in [0.717, 1.165) is 18.4 Å². The lowest BCUT2D eigenvalue weighted by Gasteiger charge is -2.32. The van der Waals surface area contributed by atoms with Gasteiger partial charge in [-0.1, -0.05) is 32.0 Å². The molecular formula is C24H29N3O4. The summed E-state index contributed by atoms with van der Waals surface area (Å²) < 4.78 is 10.7. The molecule has 1 aliphatic carbocycles. The summed E-state index contributed by atoms with van der Waals surface area (Å²) >= 11 is 0. The number of hydrogen-bond donors (Lipinski definition) is 2. The van der Waals surface area contributed by atoms with E-state index in [0.29, 0.717) is 42.4 Å². The predicted molar refractivity (Wildman–Crippen MR) is 118 cm³/mol. The van der Waals surface area contributed by atoms with E-state index >= 15 is 0 Å². The van der Waals surface area contributed by atoms with Crippen LogP contribution in [0.15, 0.2) is 42.5 Å². The van der Waals surface area contributed by atoms with Crippen molar-refractivity contribution in [2.24, 2.45) is 17.1 Å². The lowest BCUT2D eigenvalue weighted by atomic mass is 9.92. The molecule has 4 rings (SSSR count). The molecule has 1 heterocycles. The van der Waals surface area contributed by atoms with Crippen molar-refractivity contribution in [2.75, 3.05) is 25.2 Å². The van der Waals surface area contributed by atoms with Gasteiger partial charge in [-0.2, -0.15) is 0 Å². The Balaban J connectivity index is 1.52. The topological polar surface area (TPSA) is 93.9 Å². The van der Waals surface area contributed by atoms with E-state index in [1.165, 1.54) is 0 Å². The molecule has 0 radical (unpaired) electrons. The third-order valence-corrected chi connectivity index (χ3v) is 5.67. The van der Waals surface area contributed by atoms with Gasteiger partial charge >= 0.3 is 0 Å². The summed E-state index contributed by atoms with van der Waals surface area (Å²) in [6.07, 6.45) is 1.89. The van der Waals surface area contributed by atoms with Crippen molar-refractivity contribution in [1.29, 1.82) is 0 Å². The summed E-state index contributed by atoms with van der Waals surface area (Å²) in [5, 5.41) is 2.99. The van der Waals surface area contributed by atoms with E-state index in [9.17, 15) is 9.59 Å². The fourth-order valence-corrected chi connectivity index (χ4v) is 3.60. The average molecular weight is 424 g/mol. The van der Waals surface area contributed by atoms with Crippen molar-refractivity contribution in [1.82, 2.24) is 4.90 Å². The van der Waals surface area contributed by atoms with E-state index in [-0.39, 0.29) is 29.9 Å². The maximum atomic E-state index is 12.9. The molecule has 1 fully saturated rings. The third-order valence-electron chi connectivity index (χ3n) is 5.67. The first-order valence-corrected chi connectivity index (χ1v) is 10.6. The maximum Gasteiger partial charge on any atom is 0.255 e. The van der Waals surface area contributed by atoms with E-state index in [1.807, 2.05) is 29.2 Å². The molecule has 1 aliphatic heterocycles. The summed E-state index contributed by atoms with van der Waals surface area (Å²) in [6, 6.07) is 12.7. The number of rotatable bonds is 8. The fourth-order valence-electron chi connectivity index (χ4n) is 3.60. The molecule has 2 aliphatic rings. The van der Waals surface area contributed by atoms with Crippen LogP contribution in [0.1, 0.15) is 42.6 Å². The van der Waals surface area contributed by atoms with Crippen LogP contribution >= 0.6 is 0 Å². The second kappa shape index (κ2) is 8.59. The van der Waals surface area contributed by atoms with E-state index in [1.54, 1.807) is 18.2 Å². The van der Waals surface area contributed by atoms with Gasteiger partial charge in [-0.05, 0) is 54.6 Å². The first-order chi connectivity index (χ1) is 14.9. The molecule has 7 heteroatoms. The van der Waals surface area contributed by atoms with E-state index in [2.05, 4.69) is 19.2 Å². The smallest absolute Gasteiger partial charge is 0.255 e. The molecule has 2 amide bonds. The zero-order valence-corrected chi connectivity index (χ0v) is 18.0. The molecule has 3 N–H and O–H groups in total. The van der Waals surface area contributed by atoms with Crippen molar-refractivity contribution < 1.29 is 19.1 Å². The summed E-state index contributed by atoms with van der Waals surface area (Å²) in [5.74, 6) is 1.23. The number of para-hydroxylation sites is 1. The highest BCUT2D eigenvalue weighted by Gasteiger charge is 2.35. The zero-order valence-electron chi connectivity index (χ0n) is 18.0. The molecule has 0 saturated heterocycles. The van der Waals surface area contributed by atoms with Crippen molar-refractivity contribution in [3.8, 4) is 11.5 Å². The monoisotopic (exact) mass is 423 g/mol. The Morgan fingerprint density at radius 2 is 1.87 bits per heavy atom. The van der Waals surface area contributed by atoms with Gasteiger partial charge in [0.2, 0.25) is 12.7 Å². The van der Waals surface area contributed by atoms with Gasteiger partial charge in [0.1, 0.15) is 0 Å². The van der Waals surface area contributed by atoms with Crippen LogP contribution in [0, 0.1) is 11.3 Å². The maximum absolute atomic E-state index is 12.9. The molecular weight excluding hydrogens is 394 g/mol. The quantitative estimate of drug-likeness (QED) is 0.679. The minimum Gasteiger partial charge on any atom is -0.454 e. The number of amides is 2. The Morgan fingerprint density at radius 1 is 1.13 bits per heavy atom. The lowest BCUT2D eigenvalue weighted by molar-refractivity contribution is -0.134. The fraction of sp³-hybridized carbons (Fsp3) is 0.417. The number of carbonyl (C=O) groups is 2. The molecule has 164 valence electrons. The Labute approximate surface area is 182 Å². The molecule has 0 aromatic heterocycles. The highest BCUT2D eigenvalue weighted by molar-refractivity contribution is 6.05. The highest BCUT2D eigenvalue weighted by atomic mass is 16.7. The van der Waals surface area contributed by atoms with Crippen LogP contribution in [0.2, 0.25) is 0 Å². The summed E-state index contributed by atoms with van der Waals surface area (Å²) in [4.78, 5) is 27.7. The number of hydrogen-bond acceptors (Lipinski definition) is 5. The standard InChI is InChI=1S/C24H29N3O4/c1-24(2,13-25)14-27(23(29)16-7-8-16)12-18-5-3-4-6-19(18)26-22(28)17-9-10-20-21(11-17)31-15-30-20/h3-6,9-11,16H,7-8,12-15,25H2,1-2H3,(H,26,28). The third kappa shape index (κ3) is 4.99. The number of ether oxygens (including phenoxy) is 2. The number of nitrogens with zero attached hydrogens (tertiary/aromatic N) is 1. The number of nitrogens with one attached hydrogen (secondary N) is 1. The van der Waals surface area contributed by atoms with Crippen molar-refractivity contribution >= 4 is 17.5 Å². The van der Waals surface area contributed by atoms with Crippen LogP contribution in [-0.4, -0.2) is 36.6 Å². The van der Waals surface area contributed by atoms with Gasteiger partial charge in [0.25, 0.3) is 5.91 Å². The largest absolute Gasteiger partial charge is 0.454 e.